The molecule has 4 rings (SSSR count). The molecular formula is C28H29N3O2S. The van der Waals surface area contributed by atoms with Gasteiger partial charge in [-0.05, 0) is 72.9 Å². The van der Waals surface area contributed by atoms with Crippen molar-refractivity contribution in [3.63, 3.8) is 0 Å². The van der Waals surface area contributed by atoms with Crippen molar-refractivity contribution >= 4 is 28.2 Å². The van der Waals surface area contributed by atoms with Crippen LogP contribution in [0.1, 0.15) is 35.2 Å². The predicted molar refractivity (Wildman–Crippen MR) is 142 cm³/mol. The van der Waals surface area contributed by atoms with Gasteiger partial charge in [0.25, 0.3) is 5.56 Å². The first-order valence-electron chi connectivity index (χ1n) is 11.3. The number of aryl methyl sites for hydroxylation is 1. The van der Waals surface area contributed by atoms with Crippen LogP contribution in [-0.2, 0) is 13.1 Å². The van der Waals surface area contributed by atoms with Crippen molar-refractivity contribution in [1.82, 2.24) is 15.2 Å². The molecular weight excluding hydrogens is 442 g/mol. The summed E-state index contributed by atoms with van der Waals surface area (Å²) in [6.45, 7) is 5.07. The molecule has 3 aromatic carbocycles. The lowest BCUT2D eigenvalue weighted by Crippen LogP contribution is -2.41. The minimum Gasteiger partial charge on any atom is -0.497 e. The molecule has 0 spiro atoms. The van der Waals surface area contributed by atoms with Gasteiger partial charge in [0.15, 0.2) is 5.11 Å². The number of nitrogens with one attached hydrogen (secondary N) is 2. The van der Waals surface area contributed by atoms with E-state index in [-0.39, 0.29) is 11.6 Å². The Kier molecular flexibility index (Phi) is 7.28. The van der Waals surface area contributed by atoms with E-state index in [1.54, 1.807) is 7.11 Å². The van der Waals surface area contributed by atoms with Crippen LogP contribution in [0.3, 0.4) is 0 Å². The van der Waals surface area contributed by atoms with E-state index in [1.807, 2.05) is 72.5 Å². The van der Waals surface area contributed by atoms with Crippen LogP contribution in [0.4, 0.5) is 0 Å². The Morgan fingerprint density at radius 2 is 1.76 bits per heavy atom. The molecule has 1 aromatic heterocycles. The number of ether oxygens (including phenoxy) is 1. The molecule has 0 radical (unpaired) electrons. The van der Waals surface area contributed by atoms with Crippen LogP contribution in [0.25, 0.3) is 10.9 Å². The summed E-state index contributed by atoms with van der Waals surface area (Å²) in [6.07, 6.45) is 0. The number of nitrogens with zero attached hydrogens (tertiary/aromatic N) is 1. The first kappa shape index (κ1) is 23.5. The minimum atomic E-state index is -0.102. The molecule has 0 fully saturated rings. The maximum absolute atomic E-state index is 12.9. The lowest BCUT2D eigenvalue weighted by Gasteiger charge is -2.28. The van der Waals surface area contributed by atoms with Gasteiger partial charge in [-0.2, -0.15) is 0 Å². The van der Waals surface area contributed by atoms with Gasteiger partial charge in [-0.1, -0.05) is 54.1 Å². The number of benzene rings is 3. The van der Waals surface area contributed by atoms with Crippen molar-refractivity contribution in [2.75, 3.05) is 7.11 Å². The monoisotopic (exact) mass is 471 g/mol. The first-order chi connectivity index (χ1) is 16.4. The fourth-order valence-electron chi connectivity index (χ4n) is 3.95. The number of hydrogen-bond acceptors (Lipinski definition) is 3. The number of fused-ring (bicyclic) bond motifs is 1. The molecule has 0 unspecified atom stereocenters. The molecule has 1 atom stereocenters. The van der Waals surface area contributed by atoms with Gasteiger partial charge in [0, 0.05) is 17.6 Å². The van der Waals surface area contributed by atoms with E-state index in [4.69, 9.17) is 17.0 Å². The lowest BCUT2D eigenvalue weighted by atomic mass is 10.1. The molecule has 0 aliphatic carbocycles. The van der Waals surface area contributed by atoms with E-state index in [9.17, 15) is 4.79 Å². The summed E-state index contributed by atoms with van der Waals surface area (Å²) < 4.78 is 5.29. The zero-order valence-corrected chi connectivity index (χ0v) is 20.5. The second-order valence-electron chi connectivity index (χ2n) is 8.50. The quantitative estimate of drug-likeness (QED) is 0.350. The van der Waals surface area contributed by atoms with Crippen LogP contribution in [-0.4, -0.2) is 22.1 Å². The Hall–Kier alpha value is -3.64. The van der Waals surface area contributed by atoms with Crippen LogP contribution in [0.5, 0.6) is 5.75 Å². The van der Waals surface area contributed by atoms with Crippen LogP contribution in [0.2, 0.25) is 0 Å². The number of pyridine rings is 1. The third-order valence-electron chi connectivity index (χ3n) is 5.90. The zero-order chi connectivity index (χ0) is 24.1. The van der Waals surface area contributed by atoms with Gasteiger partial charge >= 0.3 is 0 Å². The number of aromatic nitrogens is 1. The number of rotatable bonds is 7. The van der Waals surface area contributed by atoms with Crippen LogP contribution in [0.15, 0.2) is 83.7 Å². The van der Waals surface area contributed by atoms with E-state index < -0.39 is 0 Å². The Labute approximate surface area is 205 Å². The molecule has 0 amide bonds. The highest BCUT2D eigenvalue weighted by atomic mass is 32.1. The number of H-pyrrole nitrogens is 1. The highest BCUT2D eigenvalue weighted by Gasteiger charge is 2.17. The summed E-state index contributed by atoms with van der Waals surface area (Å²) in [5.41, 5.74) is 4.77. The standard InChI is InChI=1S/C28H29N3O2S/c1-19-9-14-26-23(15-19)16-24(27(32)30-26)18-31(17-21-10-12-25(33-3)13-11-21)28(34)29-20(2)22-7-5-4-6-8-22/h4-16,20H,17-18H2,1-3H3,(H,29,34)(H,30,32)/t20-/m1/s1. The van der Waals surface area contributed by atoms with Crippen LogP contribution >= 0.6 is 12.2 Å². The van der Waals surface area contributed by atoms with Gasteiger partial charge < -0.3 is 19.9 Å². The van der Waals surface area contributed by atoms with Crippen molar-refractivity contribution in [2.45, 2.75) is 33.0 Å². The molecule has 6 heteroatoms. The largest absolute Gasteiger partial charge is 0.497 e. The number of thiocarbonyl (C=S) groups is 1. The average molecular weight is 472 g/mol. The van der Waals surface area contributed by atoms with E-state index in [0.717, 1.165) is 33.3 Å². The first-order valence-corrected chi connectivity index (χ1v) is 11.7. The second-order valence-corrected chi connectivity index (χ2v) is 8.89. The highest BCUT2D eigenvalue weighted by Crippen LogP contribution is 2.18. The van der Waals surface area contributed by atoms with Gasteiger partial charge in [0.05, 0.1) is 19.7 Å². The highest BCUT2D eigenvalue weighted by molar-refractivity contribution is 7.80. The van der Waals surface area contributed by atoms with Crippen molar-refractivity contribution in [3.8, 4) is 5.75 Å². The molecule has 0 saturated heterocycles. The third kappa shape index (κ3) is 5.64. The molecule has 1 heterocycles. The summed E-state index contributed by atoms with van der Waals surface area (Å²) in [5.74, 6) is 0.801. The maximum Gasteiger partial charge on any atom is 0.253 e. The van der Waals surface area contributed by atoms with Gasteiger partial charge in [0.1, 0.15) is 5.75 Å². The molecule has 4 aromatic rings. The van der Waals surface area contributed by atoms with E-state index in [2.05, 4.69) is 35.4 Å². The number of hydrogen-bond donors (Lipinski definition) is 2. The van der Waals surface area contributed by atoms with Gasteiger partial charge in [-0.3, -0.25) is 4.79 Å². The molecule has 0 bridgehead atoms. The number of aromatic amines is 1. The Balaban J connectivity index is 1.62. The van der Waals surface area contributed by atoms with Crippen molar-refractivity contribution in [3.05, 3.63) is 111 Å². The topological polar surface area (TPSA) is 57.4 Å². The summed E-state index contributed by atoms with van der Waals surface area (Å²) in [5, 5.41) is 5.05. The minimum absolute atomic E-state index is 0.0320. The molecule has 0 aliphatic heterocycles. The van der Waals surface area contributed by atoms with Gasteiger partial charge in [-0.25, -0.2) is 0 Å². The fourth-order valence-corrected chi connectivity index (χ4v) is 4.25. The summed E-state index contributed by atoms with van der Waals surface area (Å²) in [4.78, 5) is 17.9. The SMILES string of the molecule is COc1ccc(CN(Cc2cc3cc(C)ccc3[nH]c2=O)C(=S)N[C@H](C)c2ccccc2)cc1. The summed E-state index contributed by atoms with van der Waals surface area (Å²) >= 11 is 5.84. The third-order valence-corrected chi connectivity index (χ3v) is 6.27. The normalized spacial score (nSPS) is 11.7. The zero-order valence-electron chi connectivity index (χ0n) is 19.7. The van der Waals surface area contributed by atoms with Crippen molar-refractivity contribution in [2.24, 2.45) is 0 Å². The van der Waals surface area contributed by atoms with E-state index in [1.165, 1.54) is 0 Å². The Bertz CT molecular complexity index is 1330. The lowest BCUT2D eigenvalue weighted by molar-refractivity contribution is 0.390. The Morgan fingerprint density at radius 1 is 1.03 bits per heavy atom. The van der Waals surface area contributed by atoms with E-state index >= 15 is 0 Å². The van der Waals surface area contributed by atoms with Crippen molar-refractivity contribution < 1.29 is 4.74 Å². The summed E-state index contributed by atoms with van der Waals surface area (Å²) in [7, 11) is 1.65. The molecule has 0 saturated carbocycles. The fraction of sp³-hybridized carbons (Fsp3) is 0.214. The molecule has 5 nitrogen and oxygen atoms in total. The van der Waals surface area contributed by atoms with Crippen LogP contribution < -0.4 is 15.6 Å². The smallest absolute Gasteiger partial charge is 0.253 e. The summed E-state index contributed by atoms with van der Waals surface area (Å²) in [6, 6.07) is 26.1. The maximum atomic E-state index is 12.9. The molecule has 2 N–H and O–H groups in total. The molecule has 174 valence electrons. The van der Waals surface area contributed by atoms with E-state index in [0.29, 0.717) is 23.8 Å². The molecule has 34 heavy (non-hydrogen) atoms. The predicted octanol–water partition coefficient (Wildman–Crippen LogP) is 5.48. The molecule has 0 aliphatic rings. The second kappa shape index (κ2) is 10.5. The van der Waals surface area contributed by atoms with Crippen LogP contribution in [0, 0.1) is 6.92 Å². The Morgan fingerprint density at radius 3 is 2.47 bits per heavy atom. The van der Waals surface area contributed by atoms with Crippen molar-refractivity contribution in [1.29, 1.82) is 0 Å². The van der Waals surface area contributed by atoms with Gasteiger partial charge in [-0.15, -0.1) is 0 Å². The van der Waals surface area contributed by atoms with Gasteiger partial charge in [0.2, 0.25) is 0 Å². The average Bonchev–Trinajstić information content (AvgIpc) is 2.85. The number of methoxy groups -OCH3 is 1.